The number of fused-ring (bicyclic) bond motifs is 1. The lowest BCUT2D eigenvalue weighted by Crippen LogP contribution is -2.27. The highest BCUT2D eigenvalue weighted by atomic mass is 32.2. The van der Waals surface area contributed by atoms with E-state index in [-0.39, 0.29) is 18.0 Å². The third kappa shape index (κ3) is 5.17. The molecule has 1 atom stereocenters. The molecule has 6 rings (SSSR count). The molecule has 0 bridgehead atoms. The van der Waals surface area contributed by atoms with E-state index in [9.17, 15) is 8.42 Å². The van der Waals surface area contributed by atoms with Crippen molar-refractivity contribution in [2.24, 2.45) is 0 Å². The summed E-state index contributed by atoms with van der Waals surface area (Å²) in [6.07, 6.45) is 6.17. The number of halogens is 2. The predicted octanol–water partition coefficient (Wildman–Crippen LogP) is 4.40. The van der Waals surface area contributed by atoms with E-state index in [0.29, 0.717) is 23.9 Å². The van der Waals surface area contributed by atoms with Crippen molar-refractivity contribution in [3.8, 4) is 11.4 Å². The SMILES string of the molecule is COC1CCc2ncc(-c3nc(N(C)c4c(F)cc(S(C)(=O)=O)cc4F)nc(Nc4cc(C)[nH]n4)c3C3CC3)n2C1. The van der Waals surface area contributed by atoms with Gasteiger partial charge in [-0.2, -0.15) is 10.1 Å². The van der Waals surface area contributed by atoms with E-state index in [2.05, 4.69) is 25.1 Å². The van der Waals surface area contributed by atoms with Gasteiger partial charge in [-0.05, 0) is 44.2 Å². The first-order valence-corrected chi connectivity index (χ1v) is 15.1. The quantitative estimate of drug-likeness (QED) is 0.309. The number of ether oxygens (including phenoxy) is 1. The van der Waals surface area contributed by atoms with Crippen LogP contribution in [-0.2, 0) is 27.5 Å². The number of benzene rings is 1. The third-order valence-electron chi connectivity index (χ3n) is 7.52. The third-order valence-corrected chi connectivity index (χ3v) is 8.61. The molecule has 2 aliphatic rings. The van der Waals surface area contributed by atoms with Crippen molar-refractivity contribution < 1.29 is 21.9 Å². The van der Waals surface area contributed by atoms with E-state index >= 15 is 8.78 Å². The first-order valence-electron chi connectivity index (χ1n) is 13.2. The summed E-state index contributed by atoms with van der Waals surface area (Å²) < 4.78 is 62.2. The van der Waals surface area contributed by atoms with Crippen LogP contribution in [-0.4, -0.2) is 64.7 Å². The van der Waals surface area contributed by atoms with Gasteiger partial charge in [-0.25, -0.2) is 27.2 Å². The van der Waals surface area contributed by atoms with Crippen LogP contribution in [0.3, 0.4) is 0 Å². The van der Waals surface area contributed by atoms with Crippen LogP contribution in [0.5, 0.6) is 0 Å². The molecule has 41 heavy (non-hydrogen) atoms. The van der Waals surface area contributed by atoms with E-state index in [1.807, 2.05) is 13.0 Å². The van der Waals surface area contributed by atoms with Crippen LogP contribution >= 0.6 is 0 Å². The number of imidazole rings is 1. The molecule has 4 aromatic rings. The molecule has 0 spiro atoms. The van der Waals surface area contributed by atoms with E-state index in [4.69, 9.17) is 14.7 Å². The molecular weight excluding hydrogens is 554 g/mol. The van der Waals surface area contributed by atoms with Crippen molar-refractivity contribution in [3.05, 3.63) is 53.1 Å². The summed E-state index contributed by atoms with van der Waals surface area (Å²) in [5.74, 6) is 0.00906. The summed E-state index contributed by atoms with van der Waals surface area (Å²) in [5, 5.41) is 10.5. The van der Waals surface area contributed by atoms with Crippen LogP contribution in [0, 0.1) is 18.6 Å². The summed E-state index contributed by atoms with van der Waals surface area (Å²) >= 11 is 0. The number of nitrogens with zero attached hydrogens (tertiary/aromatic N) is 6. The lowest BCUT2D eigenvalue weighted by atomic mass is 10.1. The summed E-state index contributed by atoms with van der Waals surface area (Å²) in [5.41, 5.74) is 2.61. The van der Waals surface area contributed by atoms with Crippen molar-refractivity contribution in [2.75, 3.05) is 30.6 Å². The minimum atomic E-state index is -3.82. The number of aromatic nitrogens is 6. The lowest BCUT2D eigenvalue weighted by molar-refractivity contribution is 0.0710. The summed E-state index contributed by atoms with van der Waals surface area (Å²) in [7, 11) is -0.701. The van der Waals surface area contributed by atoms with Crippen LogP contribution in [0.15, 0.2) is 29.3 Å². The van der Waals surface area contributed by atoms with Crippen molar-refractivity contribution in [2.45, 2.75) is 56.1 Å². The van der Waals surface area contributed by atoms with E-state index < -0.39 is 32.1 Å². The Morgan fingerprint density at radius 2 is 1.88 bits per heavy atom. The lowest BCUT2D eigenvalue weighted by Gasteiger charge is -2.26. The van der Waals surface area contributed by atoms with Gasteiger partial charge < -0.3 is 19.5 Å². The summed E-state index contributed by atoms with van der Waals surface area (Å²) in [6, 6.07) is 3.43. The van der Waals surface area contributed by atoms with Gasteiger partial charge in [-0.1, -0.05) is 0 Å². The zero-order chi connectivity index (χ0) is 29.1. The molecule has 11 nitrogen and oxygen atoms in total. The predicted molar refractivity (Wildman–Crippen MR) is 148 cm³/mol. The van der Waals surface area contributed by atoms with E-state index in [0.717, 1.165) is 66.8 Å². The Labute approximate surface area is 235 Å². The van der Waals surface area contributed by atoms with Gasteiger partial charge in [0.25, 0.3) is 0 Å². The Morgan fingerprint density at radius 1 is 1.15 bits per heavy atom. The average molecular weight is 585 g/mol. The number of aromatic amines is 1. The zero-order valence-electron chi connectivity index (χ0n) is 23.1. The maximum Gasteiger partial charge on any atom is 0.232 e. The number of H-pyrrole nitrogens is 1. The van der Waals surface area contributed by atoms with Gasteiger partial charge in [0.05, 0.1) is 35.1 Å². The fourth-order valence-electron chi connectivity index (χ4n) is 5.22. The molecule has 216 valence electrons. The van der Waals surface area contributed by atoms with Gasteiger partial charge in [0.2, 0.25) is 5.95 Å². The van der Waals surface area contributed by atoms with Crippen molar-refractivity contribution in [3.63, 3.8) is 0 Å². The number of nitrogens with one attached hydrogen (secondary N) is 2. The molecule has 2 N–H and O–H groups in total. The second-order valence-corrected chi connectivity index (χ2v) is 12.6. The fourth-order valence-corrected chi connectivity index (χ4v) is 5.86. The molecular formula is C27H30F2N8O3S. The molecule has 1 aliphatic carbocycles. The molecule has 0 radical (unpaired) electrons. The Bertz CT molecular complexity index is 1730. The summed E-state index contributed by atoms with van der Waals surface area (Å²) in [6.45, 7) is 2.47. The second kappa shape index (κ2) is 10.2. The number of hydrogen-bond acceptors (Lipinski definition) is 9. The minimum absolute atomic E-state index is 0.0127. The van der Waals surface area contributed by atoms with Crippen LogP contribution in [0.4, 0.5) is 32.1 Å². The minimum Gasteiger partial charge on any atom is -0.380 e. The zero-order valence-corrected chi connectivity index (χ0v) is 23.9. The first-order chi connectivity index (χ1) is 19.5. The van der Waals surface area contributed by atoms with Gasteiger partial charge in [0, 0.05) is 44.2 Å². The topological polar surface area (TPSA) is 131 Å². The van der Waals surface area contributed by atoms with Gasteiger partial charge in [0.15, 0.2) is 27.3 Å². The maximum atomic E-state index is 15.3. The largest absolute Gasteiger partial charge is 0.380 e. The Morgan fingerprint density at radius 3 is 2.49 bits per heavy atom. The molecule has 1 fully saturated rings. The molecule has 0 amide bonds. The molecule has 4 heterocycles. The fraction of sp³-hybridized carbons (Fsp3) is 0.407. The highest BCUT2D eigenvalue weighted by molar-refractivity contribution is 7.90. The van der Waals surface area contributed by atoms with Crippen molar-refractivity contribution in [1.82, 2.24) is 29.7 Å². The van der Waals surface area contributed by atoms with Crippen LogP contribution in [0.1, 0.15) is 42.3 Å². The monoisotopic (exact) mass is 584 g/mol. The Hall–Kier alpha value is -3.91. The number of rotatable bonds is 8. The Kier molecular flexibility index (Phi) is 6.77. The molecule has 1 saturated carbocycles. The van der Waals surface area contributed by atoms with Crippen LogP contribution < -0.4 is 10.2 Å². The molecule has 0 saturated heterocycles. The normalized spacial score (nSPS) is 17.0. The highest BCUT2D eigenvalue weighted by Gasteiger charge is 2.35. The van der Waals surface area contributed by atoms with Gasteiger partial charge in [-0.3, -0.25) is 5.10 Å². The molecule has 14 heteroatoms. The molecule has 3 aromatic heterocycles. The maximum absolute atomic E-state index is 15.3. The van der Waals surface area contributed by atoms with E-state index in [1.165, 1.54) is 11.9 Å². The standard InChI is InChI=1S/C27H30F2N8O3S/c1-14-9-21(35-34-14)31-26-23(15-5-6-15)24(20-12-30-22-8-7-16(40-3)13-37(20)22)32-27(33-26)36(2)25-18(28)10-17(11-19(25)29)41(4,38)39/h9-12,15-16H,5-8,13H2,1-4H3,(H2,31,32,33,34,35). The molecule has 1 aliphatic heterocycles. The van der Waals surface area contributed by atoms with Gasteiger partial charge in [-0.15, -0.1) is 0 Å². The Balaban J connectivity index is 1.53. The first kappa shape index (κ1) is 27.3. The van der Waals surface area contributed by atoms with Gasteiger partial charge in [0.1, 0.15) is 17.3 Å². The number of hydrogen-bond donors (Lipinski definition) is 2. The second-order valence-electron chi connectivity index (χ2n) is 10.6. The smallest absolute Gasteiger partial charge is 0.232 e. The van der Waals surface area contributed by atoms with E-state index in [1.54, 1.807) is 13.3 Å². The highest BCUT2D eigenvalue weighted by Crippen LogP contribution is 2.48. The molecule has 1 aromatic carbocycles. The molecule has 1 unspecified atom stereocenters. The average Bonchev–Trinajstić information content (AvgIpc) is 3.54. The summed E-state index contributed by atoms with van der Waals surface area (Å²) in [4.78, 5) is 15.0. The number of aryl methyl sites for hydroxylation is 2. The number of anilines is 4. The number of sulfone groups is 1. The van der Waals surface area contributed by atoms with Crippen LogP contribution in [0.2, 0.25) is 0 Å². The van der Waals surface area contributed by atoms with Gasteiger partial charge >= 0.3 is 0 Å². The van der Waals surface area contributed by atoms with Crippen molar-refractivity contribution >= 4 is 33.1 Å². The number of methoxy groups -OCH3 is 1. The van der Waals surface area contributed by atoms with Crippen molar-refractivity contribution in [1.29, 1.82) is 0 Å². The van der Waals surface area contributed by atoms with Crippen LogP contribution in [0.25, 0.3) is 11.4 Å².